The number of carbonyl (C=O) groups excluding carboxylic acids is 2. The molecule has 2 aromatic carbocycles. The molecule has 0 spiro atoms. The molecule has 0 radical (unpaired) electrons. The zero-order valence-electron chi connectivity index (χ0n) is 16.4. The van der Waals surface area contributed by atoms with Gasteiger partial charge in [0.15, 0.2) is 5.13 Å². The molecular formula is C20H19N5O4S. The lowest BCUT2D eigenvalue weighted by molar-refractivity contribution is -0.384. The Morgan fingerprint density at radius 3 is 2.90 bits per heavy atom. The Balaban J connectivity index is 1.59. The second kappa shape index (κ2) is 7.71. The number of rotatable bonds is 4. The van der Waals surface area contributed by atoms with Crippen LogP contribution in [-0.2, 0) is 9.59 Å². The fourth-order valence-electron chi connectivity index (χ4n) is 3.49. The van der Waals surface area contributed by atoms with E-state index < -0.39 is 4.92 Å². The number of carbonyl (C=O) groups is 2. The van der Waals surface area contributed by atoms with E-state index in [4.69, 9.17) is 0 Å². The topological polar surface area (TPSA) is 109 Å². The standard InChI is InChI=1S/C20H19N5O4S/c1-12-9-18(26)21-14-5-3-4-6-16(14)24(12)19(27)11-23(2)20-22-15-8-7-13(25(28)29)10-17(15)30-20/h3-8,10,12H,9,11H2,1-2H3,(H,21,26). The Bertz CT molecular complexity index is 1160. The zero-order valence-corrected chi connectivity index (χ0v) is 17.2. The number of fused-ring (bicyclic) bond motifs is 2. The van der Waals surface area contributed by atoms with E-state index in [1.54, 1.807) is 29.0 Å². The average molecular weight is 425 g/mol. The zero-order chi connectivity index (χ0) is 21.4. The van der Waals surface area contributed by atoms with Crippen LogP contribution in [0.2, 0.25) is 0 Å². The van der Waals surface area contributed by atoms with Crippen molar-refractivity contribution in [1.29, 1.82) is 0 Å². The van der Waals surface area contributed by atoms with Gasteiger partial charge in [0.05, 0.1) is 33.1 Å². The van der Waals surface area contributed by atoms with Crippen LogP contribution in [0.5, 0.6) is 0 Å². The smallest absolute Gasteiger partial charge is 0.270 e. The molecule has 4 rings (SSSR count). The molecule has 0 aliphatic carbocycles. The molecule has 1 unspecified atom stereocenters. The third kappa shape index (κ3) is 3.69. The van der Waals surface area contributed by atoms with Crippen molar-refractivity contribution in [2.24, 2.45) is 0 Å². The summed E-state index contributed by atoms with van der Waals surface area (Å²) in [5.74, 6) is -0.300. The lowest BCUT2D eigenvalue weighted by Gasteiger charge is -2.29. The number of hydrogen-bond acceptors (Lipinski definition) is 7. The fraction of sp³-hybridized carbons (Fsp3) is 0.250. The van der Waals surface area contributed by atoms with Crippen molar-refractivity contribution in [3.63, 3.8) is 0 Å². The van der Waals surface area contributed by atoms with Gasteiger partial charge in [-0.15, -0.1) is 0 Å². The second-order valence-corrected chi connectivity index (χ2v) is 8.15. The first-order chi connectivity index (χ1) is 14.3. The number of amides is 2. The van der Waals surface area contributed by atoms with Crippen LogP contribution in [-0.4, -0.2) is 41.4 Å². The highest BCUT2D eigenvalue weighted by Gasteiger charge is 2.30. The third-order valence-electron chi connectivity index (χ3n) is 4.90. The predicted molar refractivity (Wildman–Crippen MR) is 116 cm³/mol. The van der Waals surface area contributed by atoms with E-state index in [1.807, 2.05) is 25.1 Å². The molecule has 30 heavy (non-hydrogen) atoms. The molecule has 3 aromatic rings. The van der Waals surface area contributed by atoms with E-state index in [0.717, 1.165) is 0 Å². The Morgan fingerprint density at radius 1 is 1.37 bits per heavy atom. The molecule has 0 saturated carbocycles. The van der Waals surface area contributed by atoms with Gasteiger partial charge in [-0.2, -0.15) is 0 Å². The predicted octanol–water partition coefficient (Wildman–Crippen LogP) is 3.40. The van der Waals surface area contributed by atoms with Crippen LogP contribution in [0, 0.1) is 10.1 Å². The van der Waals surface area contributed by atoms with E-state index in [-0.39, 0.29) is 36.5 Å². The summed E-state index contributed by atoms with van der Waals surface area (Å²) in [6.07, 6.45) is 0.203. The number of non-ortho nitro benzene ring substituents is 1. The van der Waals surface area contributed by atoms with Crippen molar-refractivity contribution in [1.82, 2.24) is 4.98 Å². The first kappa shape index (κ1) is 19.8. The summed E-state index contributed by atoms with van der Waals surface area (Å²) in [5.41, 5.74) is 1.91. The Morgan fingerprint density at radius 2 is 2.13 bits per heavy atom. The molecular weight excluding hydrogens is 406 g/mol. The molecule has 0 bridgehead atoms. The van der Waals surface area contributed by atoms with Crippen LogP contribution in [0.1, 0.15) is 13.3 Å². The Hall–Kier alpha value is -3.53. The maximum Gasteiger partial charge on any atom is 0.270 e. The van der Waals surface area contributed by atoms with Crippen LogP contribution in [0.3, 0.4) is 0 Å². The van der Waals surface area contributed by atoms with Crippen LogP contribution in [0.25, 0.3) is 10.2 Å². The minimum Gasteiger partial charge on any atom is -0.342 e. The number of nitrogens with one attached hydrogen (secondary N) is 1. The van der Waals surface area contributed by atoms with Gasteiger partial charge in [0, 0.05) is 31.6 Å². The van der Waals surface area contributed by atoms with Crippen molar-refractivity contribution in [3.05, 3.63) is 52.6 Å². The quantitative estimate of drug-likeness (QED) is 0.507. The van der Waals surface area contributed by atoms with Gasteiger partial charge in [-0.3, -0.25) is 19.7 Å². The van der Waals surface area contributed by atoms with Crippen LogP contribution in [0.4, 0.5) is 22.2 Å². The van der Waals surface area contributed by atoms with E-state index in [2.05, 4.69) is 10.3 Å². The van der Waals surface area contributed by atoms with Crippen LogP contribution in [0.15, 0.2) is 42.5 Å². The van der Waals surface area contributed by atoms with E-state index in [0.29, 0.717) is 26.7 Å². The maximum absolute atomic E-state index is 13.2. The summed E-state index contributed by atoms with van der Waals surface area (Å²) in [4.78, 5) is 43.7. The number of nitro benzene ring substituents is 1. The highest BCUT2D eigenvalue weighted by Crippen LogP contribution is 2.33. The van der Waals surface area contributed by atoms with Crippen molar-refractivity contribution >= 4 is 55.6 Å². The number of aromatic nitrogens is 1. The van der Waals surface area contributed by atoms with Crippen molar-refractivity contribution in [3.8, 4) is 0 Å². The summed E-state index contributed by atoms with van der Waals surface area (Å²) in [6, 6.07) is 11.4. The number of likely N-dealkylation sites (N-methyl/N-ethyl adjacent to an activating group) is 1. The molecule has 1 aromatic heterocycles. The van der Waals surface area contributed by atoms with Crippen LogP contribution >= 0.6 is 11.3 Å². The minimum absolute atomic E-state index is 0.00333. The summed E-state index contributed by atoms with van der Waals surface area (Å²) in [5, 5.41) is 14.4. The van der Waals surface area contributed by atoms with E-state index in [9.17, 15) is 19.7 Å². The highest BCUT2D eigenvalue weighted by atomic mass is 32.1. The molecule has 2 heterocycles. The van der Waals surface area contributed by atoms with E-state index in [1.165, 1.54) is 23.5 Å². The lowest BCUT2D eigenvalue weighted by atomic mass is 10.1. The number of hydrogen-bond donors (Lipinski definition) is 1. The minimum atomic E-state index is -0.445. The average Bonchev–Trinajstić information content (AvgIpc) is 3.07. The molecule has 10 heteroatoms. The number of para-hydroxylation sites is 2. The van der Waals surface area contributed by atoms with Crippen molar-refractivity contribution < 1.29 is 14.5 Å². The SMILES string of the molecule is CC1CC(=O)Nc2ccccc2N1C(=O)CN(C)c1nc2ccc([N+](=O)[O-])cc2s1. The Labute approximate surface area is 176 Å². The number of anilines is 3. The fourth-order valence-corrected chi connectivity index (χ4v) is 4.45. The molecule has 9 nitrogen and oxygen atoms in total. The maximum atomic E-state index is 13.2. The highest BCUT2D eigenvalue weighted by molar-refractivity contribution is 7.22. The molecule has 1 aliphatic heterocycles. The molecule has 0 saturated heterocycles. The molecule has 1 aliphatic rings. The van der Waals surface area contributed by atoms with Gasteiger partial charge >= 0.3 is 0 Å². The Kier molecular flexibility index (Phi) is 5.08. The second-order valence-electron chi connectivity index (χ2n) is 7.14. The monoisotopic (exact) mass is 425 g/mol. The number of thiazole rings is 1. The summed E-state index contributed by atoms with van der Waals surface area (Å²) < 4.78 is 0.682. The van der Waals surface area contributed by atoms with Gasteiger partial charge in [-0.05, 0) is 25.1 Å². The number of nitro groups is 1. The number of nitrogens with zero attached hydrogens (tertiary/aromatic N) is 4. The lowest BCUT2D eigenvalue weighted by Crippen LogP contribution is -2.44. The normalized spacial score (nSPS) is 16.0. The van der Waals surface area contributed by atoms with Crippen LogP contribution < -0.4 is 15.1 Å². The van der Waals surface area contributed by atoms with Crippen molar-refractivity contribution in [2.75, 3.05) is 28.7 Å². The summed E-state index contributed by atoms with van der Waals surface area (Å²) in [6.45, 7) is 1.89. The largest absolute Gasteiger partial charge is 0.342 e. The third-order valence-corrected chi connectivity index (χ3v) is 6.03. The first-order valence-electron chi connectivity index (χ1n) is 9.30. The summed E-state index contributed by atoms with van der Waals surface area (Å²) >= 11 is 1.29. The van der Waals surface area contributed by atoms with Crippen molar-refractivity contribution in [2.45, 2.75) is 19.4 Å². The molecule has 2 amide bonds. The van der Waals surface area contributed by atoms with Gasteiger partial charge < -0.3 is 15.1 Å². The van der Waals surface area contributed by atoms with Gasteiger partial charge in [0.1, 0.15) is 0 Å². The molecule has 0 fully saturated rings. The van der Waals surface area contributed by atoms with E-state index >= 15 is 0 Å². The molecule has 154 valence electrons. The van der Waals surface area contributed by atoms with Gasteiger partial charge in [0.2, 0.25) is 11.8 Å². The van der Waals surface area contributed by atoms with Gasteiger partial charge in [-0.25, -0.2) is 4.98 Å². The molecule has 1 atom stereocenters. The summed E-state index contributed by atoms with van der Waals surface area (Å²) in [7, 11) is 1.75. The number of benzene rings is 2. The molecule has 1 N–H and O–H groups in total. The van der Waals surface area contributed by atoms with Gasteiger partial charge in [0.25, 0.3) is 5.69 Å². The van der Waals surface area contributed by atoms with Gasteiger partial charge in [-0.1, -0.05) is 23.5 Å². The first-order valence-corrected chi connectivity index (χ1v) is 10.1.